The van der Waals surface area contributed by atoms with Gasteiger partial charge in [-0.15, -0.1) is 0 Å². The van der Waals surface area contributed by atoms with E-state index < -0.39 is 11.5 Å². The second-order valence-electron chi connectivity index (χ2n) is 7.06. The van der Waals surface area contributed by atoms with Crippen molar-refractivity contribution in [3.63, 3.8) is 0 Å². The highest BCUT2D eigenvalue weighted by atomic mass is 19.1. The largest absolute Gasteiger partial charge is 0.481 e. The van der Waals surface area contributed by atoms with Gasteiger partial charge in [-0.05, 0) is 48.7 Å². The van der Waals surface area contributed by atoms with E-state index >= 15 is 0 Å². The van der Waals surface area contributed by atoms with Gasteiger partial charge >= 0.3 is 0 Å². The quantitative estimate of drug-likeness (QED) is 0.562. The number of halogens is 1. The number of carbonyl (C=O) groups excluding carboxylic acids is 1. The molecule has 0 fully saturated rings. The lowest BCUT2D eigenvalue weighted by molar-refractivity contribution is 0.102. The maximum atomic E-state index is 13.7. The molecule has 0 bridgehead atoms. The number of aryl methyl sites for hydroxylation is 1. The smallest absolute Gasteiger partial charge is 0.274 e. The Morgan fingerprint density at radius 2 is 1.80 bits per heavy atom. The number of anilines is 3. The number of aromatic amines is 1. The Bertz CT molecular complexity index is 1140. The fourth-order valence-electron chi connectivity index (χ4n) is 3.00. The summed E-state index contributed by atoms with van der Waals surface area (Å²) in [6.45, 7) is 5.62. The Kier molecular flexibility index (Phi) is 6.15. The molecule has 0 saturated carbocycles. The van der Waals surface area contributed by atoms with Crippen molar-refractivity contribution in [3.05, 3.63) is 75.6 Å². The van der Waals surface area contributed by atoms with Gasteiger partial charge in [0.05, 0.1) is 24.2 Å². The predicted octanol–water partition coefficient (Wildman–Crippen LogP) is 4.35. The molecular weight excluding hydrogens is 387 g/mol. The fraction of sp³-hybridized carbons (Fsp3) is 0.227. The number of hydrogen-bond acceptors (Lipinski definition) is 5. The molecular formula is C22H23FN4O3. The number of hydrogen-bond donors (Lipinski definition) is 3. The van der Waals surface area contributed by atoms with Crippen LogP contribution in [0.1, 0.15) is 41.5 Å². The molecule has 3 aromatic rings. The first kappa shape index (κ1) is 21.0. The number of aromatic nitrogens is 2. The number of methoxy groups -OCH3 is 1. The van der Waals surface area contributed by atoms with Crippen LogP contribution in [0, 0.1) is 12.7 Å². The van der Waals surface area contributed by atoms with Crippen LogP contribution in [0.4, 0.5) is 21.5 Å². The maximum Gasteiger partial charge on any atom is 0.274 e. The second kappa shape index (κ2) is 8.77. The lowest BCUT2D eigenvalue weighted by Crippen LogP contribution is -2.21. The molecule has 0 aliphatic heterocycles. The van der Waals surface area contributed by atoms with Gasteiger partial charge in [0.15, 0.2) is 0 Å². The standard InChI is InChI=1S/C22H23FN4O3/c1-12(2)15-11-14(23)5-6-17(15)25-18-7-9-19(28)27-21(18)22(29)26-16-8-10-20(30-4)24-13(16)3/h5-12,25H,1-4H3,(H,26,29)(H,27,28). The van der Waals surface area contributed by atoms with Crippen LogP contribution in [0.15, 0.2) is 47.3 Å². The van der Waals surface area contributed by atoms with Crippen molar-refractivity contribution < 1.29 is 13.9 Å². The third-order valence-corrected chi connectivity index (χ3v) is 4.57. The zero-order valence-corrected chi connectivity index (χ0v) is 17.2. The Hall–Kier alpha value is -3.68. The molecule has 1 amide bonds. The highest BCUT2D eigenvalue weighted by Gasteiger charge is 2.17. The van der Waals surface area contributed by atoms with Gasteiger partial charge in [-0.25, -0.2) is 9.37 Å². The second-order valence-corrected chi connectivity index (χ2v) is 7.06. The minimum atomic E-state index is -0.515. The third-order valence-electron chi connectivity index (χ3n) is 4.57. The van der Waals surface area contributed by atoms with Crippen LogP contribution in [0.2, 0.25) is 0 Å². The van der Waals surface area contributed by atoms with E-state index in [1.54, 1.807) is 25.1 Å². The highest BCUT2D eigenvalue weighted by Crippen LogP contribution is 2.29. The number of nitrogens with zero attached hydrogens (tertiary/aromatic N) is 1. The topological polar surface area (TPSA) is 96.1 Å². The van der Waals surface area contributed by atoms with E-state index in [-0.39, 0.29) is 17.4 Å². The molecule has 2 aromatic heterocycles. The summed E-state index contributed by atoms with van der Waals surface area (Å²) in [4.78, 5) is 31.6. The molecule has 0 spiro atoms. The lowest BCUT2D eigenvalue weighted by Gasteiger charge is -2.17. The van der Waals surface area contributed by atoms with Gasteiger partial charge in [0.25, 0.3) is 5.91 Å². The molecule has 0 aliphatic rings. The summed E-state index contributed by atoms with van der Waals surface area (Å²) in [7, 11) is 1.51. The number of pyridine rings is 2. The summed E-state index contributed by atoms with van der Waals surface area (Å²) < 4.78 is 18.8. The SMILES string of the molecule is COc1ccc(NC(=O)c2[nH]c(=O)ccc2Nc2ccc(F)cc2C(C)C)c(C)n1. The highest BCUT2D eigenvalue weighted by molar-refractivity contribution is 6.07. The van der Waals surface area contributed by atoms with E-state index in [1.165, 1.54) is 31.4 Å². The van der Waals surface area contributed by atoms with Crippen LogP contribution in [-0.2, 0) is 0 Å². The number of ether oxygens (including phenoxy) is 1. The molecule has 3 N–H and O–H groups in total. The first-order valence-corrected chi connectivity index (χ1v) is 9.41. The van der Waals surface area contributed by atoms with Crippen LogP contribution in [0.25, 0.3) is 0 Å². The first-order chi connectivity index (χ1) is 14.3. The molecule has 0 radical (unpaired) electrons. The van der Waals surface area contributed by atoms with Crippen molar-refractivity contribution >= 4 is 23.0 Å². The van der Waals surface area contributed by atoms with Gasteiger partial charge in [0, 0.05) is 17.8 Å². The van der Waals surface area contributed by atoms with Crippen molar-refractivity contribution in [3.8, 4) is 5.88 Å². The van der Waals surface area contributed by atoms with Crippen molar-refractivity contribution in [2.75, 3.05) is 17.7 Å². The predicted molar refractivity (Wildman–Crippen MR) is 114 cm³/mol. The van der Waals surface area contributed by atoms with E-state index in [2.05, 4.69) is 20.6 Å². The summed E-state index contributed by atoms with van der Waals surface area (Å²) in [5.41, 5.74) is 2.48. The maximum absolute atomic E-state index is 13.7. The average molecular weight is 410 g/mol. The third kappa shape index (κ3) is 4.65. The fourth-order valence-corrected chi connectivity index (χ4v) is 3.00. The van der Waals surface area contributed by atoms with Crippen molar-refractivity contribution in [1.82, 2.24) is 9.97 Å². The summed E-state index contributed by atoms with van der Waals surface area (Å²) in [6, 6.07) is 10.5. The van der Waals surface area contributed by atoms with Crippen LogP contribution in [0.3, 0.4) is 0 Å². The summed E-state index contributed by atoms with van der Waals surface area (Å²) >= 11 is 0. The van der Waals surface area contributed by atoms with E-state index in [9.17, 15) is 14.0 Å². The van der Waals surface area contributed by atoms with Gasteiger partial charge in [-0.3, -0.25) is 9.59 Å². The molecule has 2 heterocycles. The van der Waals surface area contributed by atoms with Crippen molar-refractivity contribution in [2.45, 2.75) is 26.7 Å². The van der Waals surface area contributed by atoms with Crippen molar-refractivity contribution in [2.24, 2.45) is 0 Å². The lowest BCUT2D eigenvalue weighted by atomic mass is 10.0. The number of carbonyl (C=O) groups is 1. The zero-order chi connectivity index (χ0) is 21.8. The van der Waals surface area contributed by atoms with E-state index in [0.29, 0.717) is 28.6 Å². The van der Waals surface area contributed by atoms with Gasteiger partial charge in [-0.2, -0.15) is 0 Å². The van der Waals surface area contributed by atoms with Crippen molar-refractivity contribution in [1.29, 1.82) is 0 Å². The molecule has 0 atom stereocenters. The molecule has 8 heteroatoms. The summed E-state index contributed by atoms with van der Waals surface area (Å²) in [6.07, 6.45) is 0. The molecule has 3 rings (SSSR count). The first-order valence-electron chi connectivity index (χ1n) is 9.41. The van der Waals surface area contributed by atoms with E-state index in [1.807, 2.05) is 13.8 Å². The van der Waals surface area contributed by atoms with Gasteiger partial charge in [0.2, 0.25) is 11.4 Å². The molecule has 0 saturated heterocycles. The Labute approximate surface area is 173 Å². The Morgan fingerprint density at radius 1 is 1.10 bits per heavy atom. The van der Waals surface area contributed by atoms with Crippen LogP contribution >= 0.6 is 0 Å². The van der Waals surface area contributed by atoms with Crippen LogP contribution < -0.4 is 20.9 Å². The zero-order valence-electron chi connectivity index (χ0n) is 17.2. The number of benzene rings is 1. The van der Waals surface area contributed by atoms with E-state index in [4.69, 9.17) is 4.74 Å². The Morgan fingerprint density at radius 3 is 2.47 bits per heavy atom. The van der Waals surface area contributed by atoms with Gasteiger partial charge < -0.3 is 20.4 Å². The number of nitrogens with one attached hydrogen (secondary N) is 3. The monoisotopic (exact) mass is 410 g/mol. The summed E-state index contributed by atoms with van der Waals surface area (Å²) in [5.74, 6) is -0.376. The molecule has 0 aliphatic carbocycles. The van der Waals surface area contributed by atoms with Crippen LogP contribution in [-0.4, -0.2) is 23.0 Å². The average Bonchev–Trinajstić information content (AvgIpc) is 2.71. The minimum Gasteiger partial charge on any atom is -0.481 e. The molecule has 156 valence electrons. The molecule has 1 aromatic carbocycles. The van der Waals surface area contributed by atoms with Gasteiger partial charge in [-0.1, -0.05) is 13.8 Å². The number of rotatable bonds is 6. The van der Waals surface area contributed by atoms with Gasteiger partial charge in [0.1, 0.15) is 11.5 Å². The number of H-pyrrole nitrogens is 1. The minimum absolute atomic E-state index is 0.0521. The summed E-state index contributed by atoms with van der Waals surface area (Å²) in [5, 5.41) is 5.89. The molecule has 0 unspecified atom stereocenters. The normalized spacial score (nSPS) is 10.7. The number of amides is 1. The Balaban J connectivity index is 1.95. The van der Waals surface area contributed by atoms with Crippen LogP contribution in [0.5, 0.6) is 5.88 Å². The molecule has 30 heavy (non-hydrogen) atoms. The van der Waals surface area contributed by atoms with E-state index in [0.717, 1.165) is 5.56 Å². The molecule has 7 nitrogen and oxygen atoms in total.